The van der Waals surface area contributed by atoms with E-state index in [0.29, 0.717) is 0 Å². The molecule has 0 aliphatic carbocycles. The summed E-state index contributed by atoms with van der Waals surface area (Å²) in [5.41, 5.74) is 3.20. The number of fused-ring (bicyclic) bond motifs is 1. The topological polar surface area (TPSA) is 25.4 Å². The van der Waals surface area contributed by atoms with E-state index in [1.165, 1.54) is 0 Å². The molecule has 4 heteroatoms. The van der Waals surface area contributed by atoms with Crippen LogP contribution in [0.15, 0.2) is 59.6 Å². The molecule has 0 saturated carbocycles. The van der Waals surface area contributed by atoms with Crippen LogP contribution in [-0.4, -0.2) is 43.4 Å². The number of methoxy groups -OCH3 is 1. The molecule has 1 aromatic heterocycles. The van der Waals surface area contributed by atoms with Gasteiger partial charge in [-0.05, 0) is 31.8 Å². The van der Waals surface area contributed by atoms with Crippen molar-refractivity contribution in [2.24, 2.45) is 0 Å². The van der Waals surface area contributed by atoms with E-state index in [0.717, 1.165) is 45.1 Å². The first-order valence-electron chi connectivity index (χ1n) is 8.00. The van der Waals surface area contributed by atoms with Crippen LogP contribution in [0.25, 0.3) is 22.0 Å². The van der Waals surface area contributed by atoms with Gasteiger partial charge in [0.25, 0.3) is 0 Å². The molecule has 1 heterocycles. The number of ether oxygens (including phenoxy) is 1. The van der Waals surface area contributed by atoms with Crippen molar-refractivity contribution >= 4 is 22.7 Å². The van der Waals surface area contributed by atoms with Crippen LogP contribution in [0.5, 0.6) is 5.75 Å². The molecular formula is C20H22N2OS. The van der Waals surface area contributed by atoms with Gasteiger partial charge in [0.05, 0.1) is 18.2 Å². The molecule has 2 aromatic carbocycles. The summed E-state index contributed by atoms with van der Waals surface area (Å²) in [7, 11) is 5.92. The lowest BCUT2D eigenvalue weighted by Crippen LogP contribution is -2.14. The van der Waals surface area contributed by atoms with Crippen LogP contribution in [0.3, 0.4) is 0 Å². The van der Waals surface area contributed by atoms with Crippen LogP contribution >= 0.6 is 11.8 Å². The summed E-state index contributed by atoms with van der Waals surface area (Å²) in [4.78, 5) is 7.11. The van der Waals surface area contributed by atoms with E-state index in [2.05, 4.69) is 49.3 Å². The summed E-state index contributed by atoms with van der Waals surface area (Å²) in [5, 5.41) is 2.08. The lowest BCUT2D eigenvalue weighted by Gasteiger charge is -2.17. The van der Waals surface area contributed by atoms with Gasteiger partial charge < -0.3 is 9.64 Å². The van der Waals surface area contributed by atoms with Crippen molar-refractivity contribution in [3.8, 4) is 16.9 Å². The summed E-state index contributed by atoms with van der Waals surface area (Å²) in [5.74, 6) is 1.89. The highest BCUT2D eigenvalue weighted by molar-refractivity contribution is 7.99. The Hall–Kier alpha value is -2.04. The average Bonchev–Trinajstić information content (AvgIpc) is 2.61. The van der Waals surface area contributed by atoms with Crippen LogP contribution < -0.4 is 4.74 Å². The van der Waals surface area contributed by atoms with Gasteiger partial charge in [-0.2, -0.15) is 0 Å². The fourth-order valence-corrected chi connectivity index (χ4v) is 3.83. The van der Waals surface area contributed by atoms with Gasteiger partial charge in [0.2, 0.25) is 0 Å². The number of hydrogen-bond acceptors (Lipinski definition) is 4. The van der Waals surface area contributed by atoms with Crippen LogP contribution in [0.4, 0.5) is 0 Å². The van der Waals surface area contributed by atoms with Crippen LogP contribution in [0, 0.1) is 0 Å². The van der Waals surface area contributed by atoms with Crippen molar-refractivity contribution < 1.29 is 4.74 Å². The number of pyridine rings is 1. The molecule has 0 unspecified atom stereocenters. The minimum absolute atomic E-state index is 0.902. The Morgan fingerprint density at radius 2 is 1.71 bits per heavy atom. The molecule has 3 rings (SSSR count). The maximum absolute atomic E-state index is 5.82. The molecule has 0 spiro atoms. The molecule has 0 fully saturated rings. The lowest BCUT2D eigenvalue weighted by molar-refractivity contribution is 0.420. The molecule has 0 amide bonds. The third-order valence-electron chi connectivity index (χ3n) is 3.86. The molecule has 0 atom stereocenters. The first-order valence-corrected chi connectivity index (χ1v) is 8.99. The highest BCUT2D eigenvalue weighted by Gasteiger charge is 2.17. The minimum Gasteiger partial charge on any atom is -0.495 e. The number of benzene rings is 2. The van der Waals surface area contributed by atoms with Crippen molar-refractivity contribution in [3.05, 3.63) is 54.6 Å². The summed E-state index contributed by atoms with van der Waals surface area (Å²) < 4.78 is 5.82. The highest BCUT2D eigenvalue weighted by atomic mass is 32.2. The number of nitrogens with zero attached hydrogens (tertiary/aromatic N) is 2. The van der Waals surface area contributed by atoms with Gasteiger partial charge in [0.1, 0.15) is 10.8 Å². The van der Waals surface area contributed by atoms with Crippen molar-refractivity contribution in [2.75, 3.05) is 33.5 Å². The molecule has 0 aliphatic heterocycles. The van der Waals surface area contributed by atoms with Crippen molar-refractivity contribution in [3.63, 3.8) is 0 Å². The van der Waals surface area contributed by atoms with Crippen molar-refractivity contribution in [2.45, 2.75) is 5.03 Å². The SMILES string of the molecule is COc1c(-c2ccccc2)c(SCCN(C)C)nc2ccccc12. The Morgan fingerprint density at radius 3 is 2.42 bits per heavy atom. The Balaban J connectivity index is 2.16. The fraction of sp³-hybridized carbons (Fsp3) is 0.250. The Kier molecular flexibility index (Phi) is 5.38. The summed E-state index contributed by atoms with van der Waals surface area (Å²) in [6.07, 6.45) is 0. The fourth-order valence-electron chi connectivity index (χ4n) is 2.66. The lowest BCUT2D eigenvalue weighted by atomic mass is 10.0. The predicted molar refractivity (Wildman–Crippen MR) is 103 cm³/mol. The van der Waals surface area contributed by atoms with E-state index in [4.69, 9.17) is 9.72 Å². The number of aromatic nitrogens is 1. The first-order chi connectivity index (χ1) is 11.7. The van der Waals surface area contributed by atoms with E-state index in [9.17, 15) is 0 Å². The molecule has 0 radical (unpaired) electrons. The number of para-hydroxylation sites is 1. The quantitative estimate of drug-likeness (QED) is 0.615. The molecule has 124 valence electrons. The average molecular weight is 338 g/mol. The zero-order valence-electron chi connectivity index (χ0n) is 14.3. The molecular weight excluding hydrogens is 316 g/mol. The molecule has 24 heavy (non-hydrogen) atoms. The monoisotopic (exact) mass is 338 g/mol. The van der Waals surface area contributed by atoms with Crippen LogP contribution in [0.2, 0.25) is 0 Å². The Morgan fingerprint density at radius 1 is 1.00 bits per heavy atom. The molecule has 0 saturated heterocycles. The zero-order chi connectivity index (χ0) is 16.9. The van der Waals surface area contributed by atoms with Gasteiger partial charge >= 0.3 is 0 Å². The summed E-state index contributed by atoms with van der Waals surface area (Å²) in [6.45, 7) is 1.01. The van der Waals surface area contributed by atoms with Crippen molar-refractivity contribution in [1.29, 1.82) is 0 Å². The third kappa shape index (κ3) is 3.55. The smallest absolute Gasteiger partial charge is 0.138 e. The molecule has 3 aromatic rings. The Labute approximate surface area is 147 Å². The number of rotatable bonds is 6. The number of thioether (sulfide) groups is 1. The third-order valence-corrected chi connectivity index (χ3v) is 4.81. The number of hydrogen-bond donors (Lipinski definition) is 0. The molecule has 0 aliphatic rings. The largest absolute Gasteiger partial charge is 0.495 e. The molecule has 3 nitrogen and oxygen atoms in total. The normalized spacial score (nSPS) is 11.2. The van der Waals surface area contributed by atoms with Crippen molar-refractivity contribution in [1.82, 2.24) is 9.88 Å². The van der Waals surface area contributed by atoms with Gasteiger partial charge in [0.15, 0.2) is 0 Å². The van der Waals surface area contributed by atoms with Gasteiger partial charge in [0, 0.05) is 17.7 Å². The molecule has 0 N–H and O–H groups in total. The standard InChI is InChI=1S/C20H22N2OS/c1-22(2)13-14-24-20-18(15-9-5-4-6-10-15)19(23-3)16-11-7-8-12-17(16)21-20/h4-12H,13-14H2,1-3H3. The second-order valence-electron chi connectivity index (χ2n) is 5.86. The van der Waals surface area contributed by atoms with Crippen LogP contribution in [0.1, 0.15) is 0 Å². The van der Waals surface area contributed by atoms with E-state index >= 15 is 0 Å². The second kappa shape index (κ2) is 7.69. The van der Waals surface area contributed by atoms with Crippen LogP contribution in [-0.2, 0) is 0 Å². The van der Waals surface area contributed by atoms with E-state index in [-0.39, 0.29) is 0 Å². The molecule has 0 bridgehead atoms. The Bertz CT molecular complexity index is 818. The van der Waals surface area contributed by atoms with E-state index in [1.807, 2.05) is 24.3 Å². The minimum atomic E-state index is 0.902. The zero-order valence-corrected chi connectivity index (χ0v) is 15.1. The second-order valence-corrected chi connectivity index (χ2v) is 6.94. The summed E-state index contributed by atoms with van der Waals surface area (Å²) >= 11 is 1.78. The highest BCUT2D eigenvalue weighted by Crippen LogP contribution is 2.41. The van der Waals surface area contributed by atoms with E-state index in [1.54, 1.807) is 18.9 Å². The maximum atomic E-state index is 5.82. The van der Waals surface area contributed by atoms with Gasteiger partial charge in [-0.25, -0.2) is 4.98 Å². The maximum Gasteiger partial charge on any atom is 0.138 e. The predicted octanol–water partition coefficient (Wildman–Crippen LogP) is 4.56. The van der Waals surface area contributed by atoms with Gasteiger partial charge in [-0.1, -0.05) is 42.5 Å². The van der Waals surface area contributed by atoms with E-state index < -0.39 is 0 Å². The van der Waals surface area contributed by atoms with Gasteiger partial charge in [-0.15, -0.1) is 11.8 Å². The first kappa shape index (κ1) is 16.8. The van der Waals surface area contributed by atoms with Gasteiger partial charge in [-0.3, -0.25) is 0 Å². The summed E-state index contributed by atoms with van der Waals surface area (Å²) in [6, 6.07) is 18.5.